The van der Waals surface area contributed by atoms with E-state index < -0.39 is 0 Å². The molecular weight excluding hydrogens is 356 g/mol. The van der Waals surface area contributed by atoms with E-state index in [2.05, 4.69) is 31.4 Å². The van der Waals surface area contributed by atoms with Crippen molar-refractivity contribution in [3.8, 4) is 0 Å². The summed E-state index contributed by atoms with van der Waals surface area (Å²) in [5.74, 6) is -0.328. The average Bonchev–Trinajstić information content (AvgIpc) is 2.86. The number of benzene rings is 2. The molecule has 2 aromatic carbocycles. The number of nitrogens with zero attached hydrogens (tertiary/aromatic N) is 1. The van der Waals surface area contributed by atoms with Gasteiger partial charge in [0, 0.05) is 21.2 Å². The Labute approximate surface area is 133 Å². The van der Waals surface area contributed by atoms with Gasteiger partial charge in [0.1, 0.15) is 0 Å². The molecular formula is C14H10BrClN4O. The summed E-state index contributed by atoms with van der Waals surface area (Å²) >= 11 is 9.30. The Morgan fingerprint density at radius 2 is 2.10 bits per heavy atom. The van der Waals surface area contributed by atoms with Gasteiger partial charge in [-0.05, 0) is 52.3 Å². The largest absolute Gasteiger partial charge is 0.399 e. The third kappa shape index (κ3) is 2.72. The molecule has 1 heterocycles. The number of amides is 1. The van der Waals surface area contributed by atoms with Crippen molar-refractivity contribution < 1.29 is 4.79 Å². The fourth-order valence-corrected chi connectivity index (χ4v) is 2.40. The fraction of sp³-hybridized carbons (Fsp3) is 0. The molecule has 0 spiro atoms. The number of nitrogens with two attached hydrogens (primary N) is 1. The van der Waals surface area contributed by atoms with Crippen LogP contribution in [0.25, 0.3) is 10.9 Å². The number of halogens is 2. The van der Waals surface area contributed by atoms with Crippen LogP contribution in [0.2, 0.25) is 5.02 Å². The lowest BCUT2D eigenvalue weighted by Crippen LogP contribution is -2.12. The zero-order chi connectivity index (χ0) is 15.0. The van der Waals surface area contributed by atoms with Crippen molar-refractivity contribution in [2.24, 2.45) is 0 Å². The van der Waals surface area contributed by atoms with E-state index in [1.165, 1.54) is 0 Å². The Morgan fingerprint density at radius 1 is 1.29 bits per heavy atom. The van der Waals surface area contributed by atoms with Crippen molar-refractivity contribution in [3.63, 3.8) is 0 Å². The van der Waals surface area contributed by atoms with Gasteiger partial charge in [0.2, 0.25) is 0 Å². The summed E-state index contributed by atoms with van der Waals surface area (Å²) in [7, 11) is 0. The number of rotatable bonds is 2. The minimum absolute atomic E-state index is 0.288. The number of carbonyl (C=O) groups is 1. The van der Waals surface area contributed by atoms with Crippen molar-refractivity contribution in [2.75, 3.05) is 11.1 Å². The van der Waals surface area contributed by atoms with E-state index in [1.54, 1.807) is 36.4 Å². The first-order valence-electron chi connectivity index (χ1n) is 6.04. The van der Waals surface area contributed by atoms with Crippen LogP contribution in [-0.4, -0.2) is 16.1 Å². The fourth-order valence-electron chi connectivity index (χ4n) is 1.97. The molecule has 0 unspecified atom stereocenters. The second-order valence-corrected chi connectivity index (χ2v) is 5.72. The quantitative estimate of drug-likeness (QED) is 0.604. The monoisotopic (exact) mass is 364 g/mol. The van der Waals surface area contributed by atoms with Crippen molar-refractivity contribution in [2.45, 2.75) is 0 Å². The van der Waals surface area contributed by atoms with E-state index in [1.807, 2.05) is 0 Å². The van der Waals surface area contributed by atoms with Gasteiger partial charge in [-0.25, -0.2) is 0 Å². The number of fused-ring (bicyclic) bond motifs is 1. The topological polar surface area (TPSA) is 83.8 Å². The number of nitrogen functional groups attached to an aromatic ring is 1. The highest BCUT2D eigenvalue weighted by Gasteiger charge is 2.15. The summed E-state index contributed by atoms with van der Waals surface area (Å²) in [4.78, 5) is 12.3. The minimum Gasteiger partial charge on any atom is -0.399 e. The van der Waals surface area contributed by atoms with Gasteiger partial charge in [0.05, 0.1) is 10.5 Å². The van der Waals surface area contributed by atoms with Gasteiger partial charge in [0.25, 0.3) is 5.91 Å². The molecule has 1 amide bonds. The summed E-state index contributed by atoms with van der Waals surface area (Å²) < 4.78 is 0.764. The predicted molar refractivity (Wildman–Crippen MR) is 87.6 cm³/mol. The molecule has 0 atom stereocenters. The molecule has 0 aliphatic heterocycles. The number of carbonyl (C=O) groups excluding carboxylic acids is 1. The van der Waals surface area contributed by atoms with Crippen molar-refractivity contribution in [1.82, 2.24) is 10.2 Å². The number of aromatic amines is 1. The third-order valence-corrected chi connectivity index (χ3v) is 4.21. The second-order valence-electron chi connectivity index (χ2n) is 4.46. The summed E-state index contributed by atoms with van der Waals surface area (Å²) in [6.07, 6.45) is 0. The molecule has 7 heteroatoms. The zero-order valence-electron chi connectivity index (χ0n) is 10.7. The number of aromatic nitrogens is 2. The van der Waals surface area contributed by atoms with Gasteiger partial charge in [0.15, 0.2) is 5.69 Å². The molecule has 0 bridgehead atoms. The molecule has 0 aliphatic carbocycles. The van der Waals surface area contributed by atoms with Crippen LogP contribution in [0, 0.1) is 0 Å². The lowest BCUT2D eigenvalue weighted by molar-refractivity contribution is 0.102. The minimum atomic E-state index is -0.328. The Bertz CT molecular complexity index is 846. The van der Waals surface area contributed by atoms with Crippen LogP contribution in [0.4, 0.5) is 11.4 Å². The first-order valence-corrected chi connectivity index (χ1v) is 7.22. The summed E-state index contributed by atoms with van der Waals surface area (Å²) in [5, 5.41) is 10.8. The van der Waals surface area contributed by atoms with Crippen LogP contribution in [0.3, 0.4) is 0 Å². The average molecular weight is 366 g/mol. The predicted octanol–water partition coefficient (Wildman–Crippen LogP) is 3.81. The number of nitrogens with one attached hydrogen (secondary N) is 2. The number of anilines is 2. The third-order valence-electron chi connectivity index (χ3n) is 2.98. The van der Waals surface area contributed by atoms with Gasteiger partial charge >= 0.3 is 0 Å². The van der Waals surface area contributed by atoms with Crippen LogP contribution in [0.1, 0.15) is 10.5 Å². The molecule has 0 aliphatic rings. The Balaban J connectivity index is 1.93. The number of hydrogen-bond acceptors (Lipinski definition) is 3. The van der Waals surface area contributed by atoms with E-state index in [0.717, 1.165) is 9.99 Å². The highest BCUT2D eigenvalue weighted by molar-refractivity contribution is 9.10. The molecule has 106 valence electrons. The number of hydrogen-bond donors (Lipinski definition) is 3. The van der Waals surface area contributed by atoms with Gasteiger partial charge < -0.3 is 11.1 Å². The van der Waals surface area contributed by atoms with Crippen molar-refractivity contribution in [1.29, 1.82) is 0 Å². The van der Waals surface area contributed by atoms with Gasteiger partial charge in [-0.3, -0.25) is 9.89 Å². The first kappa shape index (κ1) is 13.9. The van der Waals surface area contributed by atoms with Crippen LogP contribution in [0.5, 0.6) is 0 Å². The lowest BCUT2D eigenvalue weighted by atomic mass is 10.2. The van der Waals surface area contributed by atoms with Crippen LogP contribution in [0.15, 0.2) is 40.9 Å². The molecule has 0 fully saturated rings. The second kappa shape index (κ2) is 5.38. The molecule has 0 radical (unpaired) electrons. The maximum absolute atomic E-state index is 12.3. The van der Waals surface area contributed by atoms with Gasteiger partial charge in [-0.1, -0.05) is 11.6 Å². The molecule has 0 saturated heterocycles. The SMILES string of the molecule is Nc1ccc2[nH]nc(C(=O)Nc3ccc(Br)c(Cl)c3)c2c1. The van der Waals surface area contributed by atoms with E-state index in [0.29, 0.717) is 21.8 Å². The van der Waals surface area contributed by atoms with Gasteiger partial charge in [-0.2, -0.15) is 5.10 Å². The standard InChI is InChI=1S/C14H10BrClN4O/c15-10-3-2-8(6-11(10)16)18-14(21)13-9-5-7(17)1-4-12(9)19-20-13/h1-6H,17H2,(H,18,21)(H,19,20). The first-order chi connectivity index (χ1) is 10.0. The summed E-state index contributed by atoms with van der Waals surface area (Å²) in [6, 6.07) is 10.4. The smallest absolute Gasteiger partial charge is 0.276 e. The molecule has 3 aromatic rings. The van der Waals surface area contributed by atoms with Crippen molar-refractivity contribution >= 4 is 55.7 Å². The van der Waals surface area contributed by atoms with Gasteiger partial charge in [-0.15, -0.1) is 0 Å². The van der Waals surface area contributed by atoms with E-state index in [9.17, 15) is 4.79 Å². The van der Waals surface area contributed by atoms with E-state index >= 15 is 0 Å². The van der Waals surface area contributed by atoms with Crippen molar-refractivity contribution in [3.05, 3.63) is 51.6 Å². The van der Waals surface area contributed by atoms with Crippen LogP contribution in [-0.2, 0) is 0 Å². The molecule has 1 aromatic heterocycles. The molecule has 5 nitrogen and oxygen atoms in total. The van der Waals surface area contributed by atoms with Crippen LogP contribution < -0.4 is 11.1 Å². The number of H-pyrrole nitrogens is 1. The maximum atomic E-state index is 12.3. The van der Waals surface area contributed by atoms with E-state index in [4.69, 9.17) is 17.3 Å². The maximum Gasteiger partial charge on any atom is 0.276 e. The normalized spacial score (nSPS) is 10.8. The zero-order valence-corrected chi connectivity index (χ0v) is 13.0. The molecule has 3 rings (SSSR count). The molecule has 21 heavy (non-hydrogen) atoms. The Kier molecular flexibility index (Phi) is 3.57. The van der Waals surface area contributed by atoms with E-state index in [-0.39, 0.29) is 11.6 Å². The Hall–Kier alpha value is -2.05. The van der Waals surface area contributed by atoms with Crippen LogP contribution >= 0.6 is 27.5 Å². The highest BCUT2D eigenvalue weighted by atomic mass is 79.9. The summed E-state index contributed by atoms with van der Waals surface area (Å²) in [6.45, 7) is 0. The Morgan fingerprint density at radius 3 is 2.86 bits per heavy atom. The highest BCUT2D eigenvalue weighted by Crippen LogP contribution is 2.26. The summed E-state index contributed by atoms with van der Waals surface area (Å²) in [5.41, 5.74) is 7.95. The lowest BCUT2D eigenvalue weighted by Gasteiger charge is -2.05. The molecule has 4 N–H and O–H groups in total. The molecule has 0 saturated carbocycles.